The maximum absolute atomic E-state index is 11.8. The van der Waals surface area contributed by atoms with Crippen LogP contribution in [0.5, 0.6) is 0 Å². The molecule has 0 aliphatic rings. The van der Waals surface area contributed by atoms with Crippen molar-refractivity contribution in [2.45, 2.75) is 45.8 Å². The van der Waals surface area contributed by atoms with E-state index in [1.807, 2.05) is 13.8 Å². The lowest BCUT2D eigenvalue weighted by Gasteiger charge is -2.15. The lowest BCUT2D eigenvalue weighted by Crippen LogP contribution is -2.31. The number of carbonyl (C=O) groups is 1. The van der Waals surface area contributed by atoms with Crippen LogP contribution in [0, 0.1) is 19.8 Å². The van der Waals surface area contributed by atoms with Crippen molar-refractivity contribution in [1.29, 1.82) is 0 Å². The first-order valence-electron chi connectivity index (χ1n) is 7.45. The lowest BCUT2D eigenvalue weighted by atomic mass is 10.0. The second-order valence-corrected chi connectivity index (χ2v) is 6.25. The summed E-state index contributed by atoms with van der Waals surface area (Å²) in [6.45, 7) is 6.75. The van der Waals surface area contributed by atoms with Crippen LogP contribution in [0.1, 0.15) is 43.2 Å². The molecule has 2 N–H and O–H groups in total. The topological polar surface area (TPSA) is 75.4 Å². The highest BCUT2D eigenvalue weighted by atomic mass is 32.2. The Balaban J connectivity index is 2.24. The molecular formula is C15H26N2O3S. The van der Waals surface area contributed by atoms with Gasteiger partial charge in [-0.05, 0) is 32.6 Å². The molecule has 0 radical (unpaired) electrons. The van der Waals surface area contributed by atoms with Gasteiger partial charge in [0.25, 0.3) is 0 Å². The first kappa shape index (κ1) is 18.0. The van der Waals surface area contributed by atoms with E-state index in [0.29, 0.717) is 18.2 Å². The number of aromatic nitrogens is 1. The van der Waals surface area contributed by atoms with E-state index >= 15 is 0 Å². The SMILES string of the molecule is CCCC(CCO)CNC(=O)CSCc1c(C)noc1C. The van der Waals surface area contributed by atoms with Crippen molar-refractivity contribution in [3.63, 3.8) is 0 Å². The summed E-state index contributed by atoms with van der Waals surface area (Å²) in [4.78, 5) is 11.8. The third-order valence-electron chi connectivity index (χ3n) is 3.48. The molecule has 1 atom stereocenters. The normalized spacial score (nSPS) is 12.4. The Hall–Kier alpha value is -1.01. The summed E-state index contributed by atoms with van der Waals surface area (Å²) in [7, 11) is 0. The van der Waals surface area contributed by atoms with Crippen molar-refractivity contribution in [2.75, 3.05) is 18.9 Å². The van der Waals surface area contributed by atoms with Crippen LogP contribution in [0.25, 0.3) is 0 Å². The average Bonchev–Trinajstić information content (AvgIpc) is 2.77. The second-order valence-electron chi connectivity index (χ2n) is 5.27. The van der Waals surface area contributed by atoms with Gasteiger partial charge in [0.2, 0.25) is 5.91 Å². The van der Waals surface area contributed by atoms with Crippen LogP contribution in [-0.2, 0) is 10.5 Å². The number of aliphatic hydroxyl groups excluding tert-OH is 1. The van der Waals surface area contributed by atoms with Gasteiger partial charge in [-0.2, -0.15) is 0 Å². The van der Waals surface area contributed by atoms with Gasteiger partial charge >= 0.3 is 0 Å². The fraction of sp³-hybridized carbons (Fsp3) is 0.733. The third kappa shape index (κ3) is 6.52. The van der Waals surface area contributed by atoms with Gasteiger partial charge in [-0.25, -0.2) is 0 Å². The van der Waals surface area contributed by atoms with E-state index in [4.69, 9.17) is 9.63 Å². The molecule has 1 heterocycles. The Morgan fingerprint density at radius 3 is 2.76 bits per heavy atom. The van der Waals surface area contributed by atoms with Gasteiger partial charge < -0.3 is 14.9 Å². The molecule has 0 saturated carbocycles. The minimum atomic E-state index is 0.0470. The van der Waals surface area contributed by atoms with Crippen LogP contribution >= 0.6 is 11.8 Å². The molecule has 0 aliphatic heterocycles. The zero-order chi connectivity index (χ0) is 15.7. The maximum atomic E-state index is 11.8. The van der Waals surface area contributed by atoms with E-state index < -0.39 is 0 Å². The Kier molecular flexibility index (Phi) is 8.45. The Morgan fingerprint density at radius 1 is 1.43 bits per heavy atom. The molecule has 1 unspecified atom stereocenters. The maximum Gasteiger partial charge on any atom is 0.230 e. The number of thioether (sulfide) groups is 1. The quantitative estimate of drug-likeness (QED) is 0.694. The lowest BCUT2D eigenvalue weighted by molar-refractivity contribution is -0.118. The van der Waals surface area contributed by atoms with Crippen molar-refractivity contribution in [1.82, 2.24) is 10.5 Å². The van der Waals surface area contributed by atoms with E-state index in [0.717, 1.165) is 42.0 Å². The van der Waals surface area contributed by atoms with Crippen molar-refractivity contribution < 1.29 is 14.4 Å². The molecule has 1 amide bonds. The first-order valence-corrected chi connectivity index (χ1v) is 8.61. The van der Waals surface area contributed by atoms with Gasteiger partial charge in [0.05, 0.1) is 11.4 Å². The highest BCUT2D eigenvalue weighted by Gasteiger charge is 2.12. The monoisotopic (exact) mass is 314 g/mol. The molecule has 0 saturated heterocycles. The Labute approximate surface area is 130 Å². The number of aryl methyl sites for hydroxylation is 2. The van der Waals surface area contributed by atoms with Gasteiger partial charge in [0, 0.05) is 24.5 Å². The summed E-state index contributed by atoms with van der Waals surface area (Å²) in [6.07, 6.45) is 2.86. The number of hydrogen-bond donors (Lipinski definition) is 2. The van der Waals surface area contributed by atoms with Crippen molar-refractivity contribution in [2.24, 2.45) is 5.92 Å². The zero-order valence-electron chi connectivity index (χ0n) is 13.1. The number of nitrogens with zero attached hydrogens (tertiary/aromatic N) is 1. The molecule has 1 aromatic heterocycles. The van der Waals surface area contributed by atoms with Gasteiger partial charge in [0.1, 0.15) is 5.76 Å². The summed E-state index contributed by atoms with van der Waals surface area (Å²) in [5.41, 5.74) is 1.98. The van der Waals surface area contributed by atoms with E-state index in [9.17, 15) is 4.79 Å². The predicted molar refractivity (Wildman–Crippen MR) is 85.2 cm³/mol. The van der Waals surface area contributed by atoms with Crippen LogP contribution in [0.2, 0.25) is 0 Å². The Morgan fingerprint density at radius 2 is 2.19 bits per heavy atom. The number of carbonyl (C=O) groups excluding carboxylic acids is 1. The minimum Gasteiger partial charge on any atom is -0.396 e. The zero-order valence-corrected chi connectivity index (χ0v) is 14.0. The fourth-order valence-corrected chi connectivity index (χ4v) is 3.21. The van der Waals surface area contributed by atoms with Crippen LogP contribution in [0.4, 0.5) is 0 Å². The molecule has 0 spiro atoms. The van der Waals surface area contributed by atoms with E-state index in [1.54, 1.807) is 11.8 Å². The van der Waals surface area contributed by atoms with E-state index in [1.165, 1.54) is 0 Å². The average molecular weight is 314 g/mol. The van der Waals surface area contributed by atoms with Gasteiger partial charge in [-0.15, -0.1) is 11.8 Å². The molecule has 5 nitrogen and oxygen atoms in total. The molecule has 21 heavy (non-hydrogen) atoms. The molecule has 6 heteroatoms. The van der Waals surface area contributed by atoms with Gasteiger partial charge in [-0.3, -0.25) is 4.79 Å². The summed E-state index contributed by atoms with van der Waals surface area (Å²) < 4.78 is 5.10. The summed E-state index contributed by atoms with van der Waals surface area (Å²) in [5, 5.41) is 15.8. The third-order valence-corrected chi connectivity index (χ3v) is 4.44. The standard InChI is InChI=1S/C15H26N2O3S/c1-4-5-13(6-7-18)8-16-15(19)10-21-9-14-11(2)17-20-12(14)3/h13,18H,4-10H2,1-3H3,(H,16,19). The minimum absolute atomic E-state index is 0.0470. The molecule has 120 valence electrons. The number of nitrogens with one attached hydrogen (secondary N) is 1. The molecule has 0 fully saturated rings. The van der Waals surface area contributed by atoms with Crippen molar-refractivity contribution in [3.8, 4) is 0 Å². The number of rotatable bonds is 10. The van der Waals surface area contributed by atoms with Gasteiger partial charge in [-0.1, -0.05) is 18.5 Å². The largest absolute Gasteiger partial charge is 0.396 e. The number of amides is 1. The predicted octanol–water partition coefficient (Wildman–Crippen LogP) is 2.44. The summed E-state index contributed by atoms with van der Waals surface area (Å²) in [5.74, 6) is 2.42. The smallest absolute Gasteiger partial charge is 0.230 e. The van der Waals surface area contributed by atoms with Crippen LogP contribution in [-0.4, -0.2) is 35.1 Å². The fourth-order valence-electron chi connectivity index (χ4n) is 2.20. The second kappa shape index (κ2) is 9.84. The van der Waals surface area contributed by atoms with Crippen LogP contribution in [0.3, 0.4) is 0 Å². The molecule has 1 aromatic rings. The van der Waals surface area contributed by atoms with Crippen LogP contribution < -0.4 is 5.32 Å². The molecule has 1 rings (SSSR count). The van der Waals surface area contributed by atoms with Gasteiger partial charge in [0.15, 0.2) is 0 Å². The van der Waals surface area contributed by atoms with E-state index in [2.05, 4.69) is 17.4 Å². The summed E-state index contributed by atoms with van der Waals surface area (Å²) in [6, 6.07) is 0. The molecule has 0 bridgehead atoms. The highest BCUT2D eigenvalue weighted by Crippen LogP contribution is 2.19. The number of aliphatic hydroxyl groups is 1. The van der Waals surface area contributed by atoms with Crippen molar-refractivity contribution in [3.05, 3.63) is 17.0 Å². The van der Waals surface area contributed by atoms with Crippen molar-refractivity contribution >= 4 is 17.7 Å². The Bertz CT molecular complexity index is 409. The van der Waals surface area contributed by atoms with E-state index in [-0.39, 0.29) is 12.5 Å². The first-order chi connectivity index (χ1) is 10.1. The van der Waals surface area contributed by atoms with Crippen LogP contribution in [0.15, 0.2) is 4.52 Å². The number of hydrogen-bond acceptors (Lipinski definition) is 5. The molecule has 0 aliphatic carbocycles. The molecule has 0 aromatic carbocycles. The highest BCUT2D eigenvalue weighted by molar-refractivity contribution is 7.99. The molecular weight excluding hydrogens is 288 g/mol. The summed E-state index contributed by atoms with van der Waals surface area (Å²) >= 11 is 1.56.